The van der Waals surface area contributed by atoms with Gasteiger partial charge in [0.1, 0.15) is 0 Å². The van der Waals surface area contributed by atoms with E-state index in [1.165, 1.54) is 0 Å². The van der Waals surface area contributed by atoms with Gasteiger partial charge in [0.2, 0.25) is 5.91 Å². The molecular formula is C16H14ClIN2O2. The molecule has 22 heavy (non-hydrogen) atoms. The summed E-state index contributed by atoms with van der Waals surface area (Å²) in [6.45, 7) is 1.77. The van der Waals surface area contributed by atoms with Crippen molar-refractivity contribution in [3.8, 4) is 0 Å². The van der Waals surface area contributed by atoms with Gasteiger partial charge in [0.15, 0.2) is 0 Å². The standard InChI is InChI=1S/C16H14ClIN2O2/c1-10-6-7-11(17)8-14(10)20-15(21)9-19-16(22)12-4-2-3-5-13(12)18/h2-8H,9H2,1H3,(H,19,22)(H,20,21). The van der Waals surface area contributed by atoms with E-state index in [9.17, 15) is 9.59 Å². The first kappa shape index (κ1) is 16.8. The Morgan fingerprint density at radius 2 is 1.91 bits per heavy atom. The number of benzene rings is 2. The van der Waals surface area contributed by atoms with E-state index in [-0.39, 0.29) is 18.4 Å². The Morgan fingerprint density at radius 3 is 2.64 bits per heavy atom. The monoisotopic (exact) mass is 428 g/mol. The minimum Gasteiger partial charge on any atom is -0.343 e. The second-order valence-electron chi connectivity index (χ2n) is 4.67. The molecule has 6 heteroatoms. The van der Waals surface area contributed by atoms with E-state index in [1.54, 1.807) is 24.3 Å². The highest BCUT2D eigenvalue weighted by atomic mass is 127. The molecule has 0 atom stereocenters. The SMILES string of the molecule is Cc1ccc(Cl)cc1NC(=O)CNC(=O)c1ccccc1I. The fraction of sp³-hybridized carbons (Fsp3) is 0.125. The van der Waals surface area contributed by atoms with Gasteiger partial charge < -0.3 is 10.6 Å². The number of anilines is 1. The Kier molecular flexibility index (Phi) is 5.79. The predicted molar refractivity (Wildman–Crippen MR) is 96.3 cm³/mol. The fourth-order valence-corrected chi connectivity index (χ4v) is 2.63. The maximum atomic E-state index is 12.0. The van der Waals surface area contributed by atoms with E-state index in [2.05, 4.69) is 33.2 Å². The van der Waals surface area contributed by atoms with Crippen molar-refractivity contribution in [3.05, 3.63) is 62.2 Å². The van der Waals surface area contributed by atoms with Crippen LogP contribution < -0.4 is 10.6 Å². The molecule has 0 aliphatic heterocycles. The number of hydrogen-bond acceptors (Lipinski definition) is 2. The molecule has 2 aromatic carbocycles. The van der Waals surface area contributed by atoms with Crippen LogP contribution in [-0.4, -0.2) is 18.4 Å². The lowest BCUT2D eigenvalue weighted by Gasteiger charge is -2.10. The van der Waals surface area contributed by atoms with Gasteiger partial charge in [-0.15, -0.1) is 0 Å². The molecule has 114 valence electrons. The molecule has 2 aromatic rings. The molecule has 0 aliphatic carbocycles. The van der Waals surface area contributed by atoms with Crippen LogP contribution in [0.4, 0.5) is 5.69 Å². The molecule has 0 saturated carbocycles. The number of carbonyl (C=O) groups is 2. The van der Waals surface area contributed by atoms with E-state index in [4.69, 9.17) is 11.6 Å². The van der Waals surface area contributed by atoms with E-state index in [0.29, 0.717) is 16.3 Å². The van der Waals surface area contributed by atoms with Gasteiger partial charge >= 0.3 is 0 Å². The van der Waals surface area contributed by atoms with E-state index in [1.807, 2.05) is 25.1 Å². The molecule has 0 fully saturated rings. The average molecular weight is 429 g/mol. The van der Waals surface area contributed by atoms with Crippen LogP contribution in [0.3, 0.4) is 0 Å². The molecule has 2 rings (SSSR count). The molecule has 0 saturated heterocycles. The maximum Gasteiger partial charge on any atom is 0.252 e. The van der Waals surface area contributed by atoms with Gasteiger partial charge in [-0.2, -0.15) is 0 Å². The van der Waals surface area contributed by atoms with Crippen LogP contribution in [0.25, 0.3) is 0 Å². The van der Waals surface area contributed by atoms with Gasteiger partial charge in [0.05, 0.1) is 12.1 Å². The number of aryl methyl sites for hydroxylation is 1. The Labute approximate surface area is 147 Å². The summed E-state index contributed by atoms with van der Waals surface area (Å²) in [5.74, 6) is -0.576. The molecule has 2 amide bonds. The van der Waals surface area contributed by atoms with E-state index >= 15 is 0 Å². The van der Waals surface area contributed by atoms with Crippen molar-refractivity contribution >= 4 is 51.7 Å². The molecule has 0 heterocycles. The van der Waals surface area contributed by atoms with Crippen LogP contribution in [0.2, 0.25) is 5.02 Å². The lowest BCUT2D eigenvalue weighted by molar-refractivity contribution is -0.115. The summed E-state index contributed by atoms with van der Waals surface area (Å²) >= 11 is 7.99. The largest absolute Gasteiger partial charge is 0.343 e. The summed E-state index contributed by atoms with van der Waals surface area (Å²) in [5.41, 5.74) is 2.09. The van der Waals surface area contributed by atoms with Crippen molar-refractivity contribution in [1.82, 2.24) is 5.32 Å². The highest BCUT2D eigenvalue weighted by Gasteiger charge is 2.11. The van der Waals surface area contributed by atoms with Gasteiger partial charge in [-0.05, 0) is 59.3 Å². The fourth-order valence-electron chi connectivity index (χ4n) is 1.82. The molecule has 0 spiro atoms. The molecule has 4 nitrogen and oxygen atoms in total. The Morgan fingerprint density at radius 1 is 1.18 bits per heavy atom. The third kappa shape index (κ3) is 4.45. The minimum absolute atomic E-state index is 0.101. The second kappa shape index (κ2) is 7.60. The van der Waals surface area contributed by atoms with Crippen molar-refractivity contribution in [3.63, 3.8) is 0 Å². The van der Waals surface area contributed by atoms with Crippen molar-refractivity contribution in [2.75, 3.05) is 11.9 Å². The lowest BCUT2D eigenvalue weighted by Crippen LogP contribution is -2.33. The van der Waals surface area contributed by atoms with Gasteiger partial charge in [0.25, 0.3) is 5.91 Å². The van der Waals surface area contributed by atoms with Crippen molar-refractivity contribution < 1.29 is 9.59 Å². The average Bonchev–Trinajstić information content (AvgIpc) is 2.49. The summed E-state index contributed by atoms with van der Waals surface area (Å²) < 4.78 is 0.837. The first-order chi connectivity index (χ1) is 10.5. The number of hydrogen-bond donors (Lipinski definition) is 2. The normalized spacial score (nSPS) is 10.1. The zero-order valence-corrected chi connectivity index (χ0v) is 14.7. The van der Waals surface area contributed by atoms with E-state index in [0.717, 1.165) is 9.13 Å². The van der Waals surface area contributed by atoms with Crippen LogP contribution >= 0.6 is 34.2 Å². The minimum atomic E-state index is -0.301. The first-order valence-electron chi connectivity index (χ1n) is 6.56. The number of carbonyl (C=O) groups excluding carboxylic acids is 2. The summed E-state index contributed by atoms with van der Waals surface area (Å²) in [7, 11) is 0. The van der Waals surface area contributed by atoms with Crippen molar-refractivity contribution in [2.24, 2.45) is 0 Å². The molecule has 0 aromatic heterocycles. The van der Waals surface area contributed by atoms with E-state index < -0.39 is 0 Å². The van der Waals surface area contributed by atoms with Crippen LogP contribution in [0.1, 0.15) is 15.9 Å². The van der Waals surface area contributed by atoms with Crippen LogP contribution in [0.5, 0.6) is 0 Å². The zero-order chi connectivity index (χ0) is 16.1. The second-order valence-corrected chi connectivity index (χ2v) is 6.27. The third-order valence-corrected chi connectivity index (χ3v) is 4.18. The molecule has 0 unspecified atom stereocenters. The summed E-state index contributed by atoms with van der Waals surface area (Å²) in [6, 6.07) is 12.5. The van der Waals surface area contributed by atoms with Gasteiger partial charge in [-0.3, -0.25) is 9.59 Å². The van der Waals surface area contributed by atoms with Gasteiger partial charge in [-0.25, -0.2) is 0 Å². The molecule has 0 aliphatic rings. The van der Waals surface area contributed by atoms with Crippen LogP contribution in [0, 0.1) is 10.5 Å². The molecular weight excluding hydrogens is 415 g/mol. The number of rotatable bonds is 4. The van der Waals surface area contributed by atoms with Crippen LogP contribution in [-0.2, 0) is 4.79 Å². The number of amides is 2. The van der Waals surface area contributed by atoms with Crippen LogP contribution in [0.15, 0.2) is 42.5 Å². The maximum absolute atomic E-state index is 12.0. The topological polar surface area (TPSA) is 58.2 Å². The quantitative estimate of drug-likeness (QED) is 0.731. The molecule has 0 bridgehead atoms. The highest BCUT2D eigenvalue weighted by Crippen LogP contribution is 2.19. The Balaban J connectivity index is 1.94. The molecule has 0 radical (unpaired) electrons. The van der Waals surface area contributed by atoms with Crippen molar-refractivity contribution in [1.29, 1.82) is 0 Å². The molecule has 2 N–H and O–H groups in total. The summed E-state index contributed by atoms with van der Waals surface area (Å²) in [5, 5.41) is 5.88. The Hall–Kier alpha value is -1.60. The highest BCUT2D eigenvalue weighted by molar-refractivity contribution is 14.1. The zero-order valence-electron chi connectivity index (χ0n) is 11.8. The summed E-state index contributed by atoms with van der Waals surface area (Å²) in [4.78, 5) is 24.0. The predicted octanol–water partition coefficient (Wildman–Crippen LogP) is 3.62. The third-order valence-electron chi connectivity index (χ3n) is 3.00. The smallest absolute Gasteiger partial charge is 0.252 e. The van der Waals surface area contributed by atoms with Gasteiger partial charge in [-0.1, -0.05) is 29.8 Å². The lowest BCUT2D eigenvalue weighted by atomic mass is 10.2. The Bertz CT molecular complexity index is 719. The van der Waals surface area contributed by atoms with Gasteiger partial charge in [0, 0.05) is 14.3 Å². The van der Waals surface area contributed by atoms with Crippen molar-refractivity contribution in [2.45, 2.75) is 6.92 Å². The summed E-state index contributed by atoms with van der Waals surface area (Å²) in [6.07, 6.45) is 0. The first-order valence-corrected chi connectivity index (χ1v) is 8.02. The number of nitrogens with one attached hydrogen (secondary N) is 2. The number of halogens is 2.